The second-order valence-corrected chi connectivity index (χ2v) is 4.89. The van der Waals surface area contributed by atoms with Crippen molar-refractivity contribution in [2.75, 3.05) is 6.61 Å². The fourth-order valence-corrected chi connectivity index (χ4v) is 2.08. The van der Waals surface area contributed by atoms with Crippen LogP contribution in [0.1, 0.15) is 22.7 Å². The van der Waals surface area contributed by atoms with Crippen molar-refractivity contribution >= 4 is 6.03 Å². The Labute approximate surface area is 133 Å². The molecule has 2 rings (SSSR count). The highest BCUT2D eigenvalue weighted by molar-refractivity contribution is 5.74. The second-order valence-electron chi connectivity index (χ2n) is 4.89. The van der Waals surface area contributed by atoms with Gasteiger partial charge in [0.15, 0.2) is 0 Å². The lowest BCUT2D eigenvalue weighted by Gasteiger charge is -2.17. The topological polar surface area (TPSA) is 85.2 Å². The standard InChI is InChI=1S/C17H16FN3O2/c18-15-7-6-12(9-19)8-14(15)10-20-17(23)21-16(11-22)13-4-2-1-3-5-13/h1-8,16,22H,10-11H2,(H2,20,21,23)/t16-/m0/s1. The molecular formula is C17H16FN3O2. The molecule has 0 aromatic heterocycles. The Morgan fingerprint density at radius 3 is 2.65 bits per heavy atom. The molecule has 0 radical (unpaired) electrons. The maximum atomic E-state index is 13.6. The Balaban J connectivity index is 1.96. The summed E-state index contributed by atoms with van der Waals surface area (Å²) in [6.07, 6.45) is 0. The lowest BCUT2D eigenvalue weighted by atomic mass is 10.1. The number of halogens is 1. The van der Waals surface area contributed by atoms with Crippen LogP contribution in [0.5, 0.6) is 0 Å². The van der Waals surface area contributed by atoms with Crippen molar-refractivity contribution in [3.63, 3.8) is 0 Å². The van der Waals surface area contributed by atoms with Crippen molar-refractivity contribution in [1.29, 1.82) is 5.26 Å². The lowest BCUT2D eigenvalue weighted by molar-refractivity contribution is 0.216. The van der Waals surface area contributed by atoms with Crippen LogP contribution in [-0.2, 0) is 6.54 Å². The Kier molecular flexibility index (Phi) is 5.67. The van der Waals surface area contributed by atoms with Gasteiger partial charge < -0.3 is 15.7 Å². The van der Waals surface area contributed by atoms with Crippen molar-refractivity contribution in [3.05, 3.63) is 71.0 Å². The van der Waals surface area contributed by atoms with Crippen LogP contribution in [0.15, 0.2) is 48.5 Å². The first kappa shape index (κ1) is 16.5. The van der Waals surface area contributed by atoms with E-state index in [9.17, 15) is 14.3 Å². The monoisotopic (exact) mass is 313 g/mol. The minimum Gasteiger partial charge on any atom is -0.394 e. The van der Waals surface area contributed by atoms with Gasteiger partial charge in [0.2, 0.25) is 0 Å². The Morgan fingerprint density at radius 1 is 1.26 bits per heavy atom. The molecule has 6 heteroatoms. The van der Waals surface area contributed by atoms with E-state index < -0.39 is 17.9 Å². The quantitative estimate of drug-likeness (QED) is 0.791. The highest BCUT2D eigenvalue weighted by Gasteiger charge is 2.13. The number of hydrogen-bond acceptors (Lipinski definition) is 3. The van der Waals surface area contributed by atoms with E-state index >= 15 is 0 Å². The molecule has 23 heavy (non-hydrogen) atoms. The van der Waals surface area contributed by atoms with Gasteiger partial charge in [-0.1, -0.05) is 30.3 Å². The molecule has 0 aliphatic rings. The van der Waals surface area contributed by atoms with Crippen LogP contribution in [0.2, 0.25) is 0 Å². The minimum absolute atomic E-state index is 0.0554. The predicted octanol–water partition coefficient (Wildman–Crippen LogP) is 2.23. The van der Waals surface area contributed by atoms with Crippen LogP contribution >= 0.6 is 0 Å². The van der Waals surface area contributed by atoms with Crippen molar-refractivity contribution in [2.24, 2.45) is 0 Å². The van der Waals surface area contributed by atoms with Gasteiger partial charge in [-0.15, -0.1) is 0 Å². The molecule has 0 fully saturated rings. The summed E-state index contributed by atoms with van der Waals surface area (Å²) >= 11 is 0. The number of rotatable bonds is 5. The van der Waals surface area contributed by atoms with Crippen molar-refractivity contribution in [1.82, 2.24) is 10.6 Å². The third kappa shape index (κ3) is 4.53. The molecule has 0 saturated heterocycles. The molecule has 1 atom stereocenters. The largest absolute Gasteiger partial charge is 0.394 e. The zero-order valence-corrected chi connectivity index (χ0v) is 12.3. The zero-order chi connectivity index (χ0) is 16.7. The number of benzene rings is 2. The molecule has 0 bridgehead atoms. The highest BCUT2D eigenvalue weighted by atomic mass is 19.1. The average Bonchev–Trinajstić information content (AvgIpc) is 2.59. The number of nitrogens with one attached hydrogen (secondary N) is 2. The van der Waals surface area contributed by atoms with Gasteiger partial charge in [-0.2, -0.15) is 5.26 Å². The number of aliphatic hydroxyl groups is 1. The second kappa shape index (κ2) is 7.92. The Morgan fingerprint density at radius 2 is 2.00 bits per heavy atom. The smallest absolute Gasteiger partial charge is 0.315 e. The fraction of sp³-hybridized carbons (Fsp3) is 0.176. The summed E-state index contributed by atoms with van der Waals surface area (Å²) < 4.78 is 13.6. The third-order valence-electron chi connectivity index (χ3n) is 3.30. The minimum atomic E-state index is -0.550. The molecule has 0 unspecified atom stereocenters. The van der Waals surface area contributed by atoms with Gasteiger partial charge >= 0.3 is 6.03 Å². The van der Waals surface area contributed by atoms with Gasteiger partial charge in [0.1, 0.15) is 5.82 Å². The predicted molar refractivity (Wildman–Crippen MR) is 82.8 cm³/mol. The third-order valence-corrected chi connectivity index (χ3v) is 3.30. The Bertz CT molecular complexity index is 714. The van der Waals surface area contributed by atoms with Gasteiger partial charge in [0.25, 0.3) is 0 Å². The molecular weight excluding hydrogens is 297 g/mol. The van der Waals surface area contributed by atoms with E-state index in [1.165, 1.54) is 18.2 Å². The number of aliphatic hydroxyl groups excluding tert-OH is 1. The molecule has 2 aromatic rings. The van der Waals surface area contributed by atoms with Crippen molar-refractivity contribution in [3.8, 4) is 6.07 Å². The van der Waals surface area contributed by atoms with Crippen molar-refractivity contribution in [2.45, 2.75) is 12.6 Å². The van der Waals surface area contributed by atoms with E-state index in [0.29, 0.717) is 5.56 Å². The van der Waals surface area contributed by atoms with E-state index in [4.69, 9.17) is 5.26 Å². The van der Waals surface area contributed by atoms with Gasteiger partial charge in [-0.05, 0) is 23.8 Å². The first-order valence-corrected chi connectivity index (χ1v) is 7.02. The van der Waals surface area contributed by atoms with Crippen LogP contribution in [0, 0.1) is 17.1 Å². The normalized spacial score (nSPS) is 11.3. The first-order valence-electron chi connectivity index (χ1n) is 7.02. The molecule has 2 aromatic carbocycles. The van der Waals surface area contributed by atoms with Gasteiger partial charge in [-0.3, -0.25) is 0 Å². The molecule has 0 saturated carbocycles. The summed E-state index contributed by atoms with van der Waals surface area (Å²) in [4.78, 5) is 11.9. The highest BCUT2D eigenvalue weighted by Crippen LogP contribution is 2.12. The summed E-state index contributed by atoms with van der Waals surface area (Å²) in [6.45, 7) is -0.310. The number of hydrogen-bond donors (Lipinski definition) is 3. The van der Waals surface area contributed by atoms with E-state index in [2.05, 4.69) is 10.6 Å². The summed E-state index contributed by atoms with van der Waals surface area (Å²) in [7, 11) is 0. The summed E-state index contributed by atoms with van der Waals surface area (Å²) in [6, 6.07) is 13.8. The van der Waals surface area contributed by atoms with Crippen molar-refractivity contribution < 1.29 is 14.3 Å². The number of amides is 2. The Hall–Kier alpha value is -2.91. The number of urea groups is 1. The van der Waals surface area contributed by atoms with E-state index in [0.717, 1.165) is 5.56 Å². The summed E-state index contributed by atoms with van der Waals surface area (Å²) in [5.41, 5.74) is 1.31. The molecule has 3 N–H and O–H groups in total. The van der Waals surface area contributed by atoms with Gasteiger partial charge in [-0.25, -0.2) is 9.18 Å². The SMILES string of the molecule is N#Cc1ccc(F)c(CNC(=O)N[C@@H](CO)c2ccccc2)c1. The average molecular weight is 313 g/mol. The molecule has 5 nitrogen and oxygen atoms in total. The number of carbonyl (C=O) groups excluding carboxylic acids is 1. The molecule has 0 heterocycles. The van der Waals surface area contributed by atoms with Crippen LogP contribution in [0.25, 0.3) is 0 Å². The molecule has 0 spiro atoms. The number of nitriles is 1. The maximum Gasteiger partial charge on any atom is 0.315 e. The fourth-order valence-electron chi connectivity index (χ4n) is 2.08. The van der Waals surface area contributed by atoms with Crippen LogP contribution in [0.4, 0.5) is 9.18 Å². The zero-order valence-electron chi connectivity index (χ0n) is 12.3. The van der Waals surface area contributed by atoms with Crippen LogP contribution in [-0.4, -0.2) is 17.7 Å². The lowest BCUT2D eigenvalue weighted by Crippen LogP contribution is -2.39. The summed E-state index contributed by atoms with van der Waals surface area (Å²) in [5, 5.41) is 23.3. The molecule has 0 aliphatic heterocycles. The first-order chi connectivity index (χ1) is 11.1. The summed E-state index contributed by atoms with van der Waals surface area (Å²) in [5.74, 6) is -0.494. The maximum absolute atomic E-state index is 13.6. The van der Waals surface area contributed by atoms with Crippen LogP contribution in [0.3, 0.4) is 0 Å². The van der Waals surface area contributed by atoms with E-state index in [1.807, 2.05) is 12.1 Å². The number of nitrogens with zero attached hydrogens (tertiary/aromatic N) is 1. The molecule has 118 valence electrons. The van der Waals surface area contributed by atoms with E-state index in [1.54, 1.807) is 24.3 Å². The molecule has 0 aliphatic carbocycles. The van der Waals surface area contributed by atoms with Crippen LogP contribution < -0.4 is 10.6 Å². The molecule has 2 amide bonds. The van der Waals surface area contributed by atoms with E-state index in [-0.39, 0.29) is 18.7 Å². The number of carbonyl (C=O) groups is 1. The van der Waals surface area contributed by atoms with Gasteiger partial charge in [0, 0.05) is 12.1 Å². The van der Waals surface area contributed by atoms with Gasteiger partial charge in [0.05, 0.1) is 24.3 Å².